The van der Waals surface area contributed by atoms with Crippen molar-refractivity contribution in [2.45, 2.75) is 147 Å². The Morgan fingerprint density at radius 1 is 0.720 bits per heavy atom. The zero-order chi connectivity index (χ0) is 38.3. The van der Waals surface area contributed by atoms with Crippen molar-refractivity contribution in [3.05, 3.63) is 0 Å². The van der Waals surface area contributed by atoms with Gasteiger partial charge in [-0.05, 0) is 78.7 Å². The van der Waals surface area contributed by atoms with E-state index >= 15 is 0 Å². The highest BCUT2D eigenvalue weighted by Gasteiger charge is 2.31. The molecule has 20 N–H and O–H groups in total. The second-order valence-corrected chi connectivity index (χ2v) is 14.1. The molecule has 0 rings (SSSR count). The molecular formula is C31H73N11O8. The van der Waals surface area contributed by atoms with Crippen molar-refractivity contribution in [2.24, 2.45) is 17.4 Å². The Morgan fingerprint density at radius 3 is 1.78 bits per heavy atom. The number of aliphatic hydroxyl groups excluding tert-OH is 7. The van der Waals surface area contributed by atoms with Crippen molar-refractivity contribution in [2.75, 3.05) is 39.5 Å². The Balaban J connectivity index is 5.75. The van der Waals surface area contributed by atoms with Gasteiger partial charge in [-0.2, -0.15) is 0 Å². The molecule has 0 aliphatic carbocycles. The lowest BCUT2D eigenvalue weighted by Crippen LogP contribution is -2.62. The van der Waals surface area contributed by atoms with E-state index in [1.165, 1.54) is 0 Å². The van der Waals surface area contributed by atoms with Crippen LogP contribution in [-0.2, 0) is 4.74 Å². The summed E-state index contributed by atoms with van der Waals surface area (Å²) in [5, 5.41) is 105. The maximum absolute atomic E-state index is 11.5. The molecule has 0 aliphatic rings. The molecular weight excluding hydrogens is 654 g/mol. The molecule has 0 fully saturated rings. The van der Waals surface area contributed by atoms with Crippen molar-refractivity contribution < 1.29 is 40.5 Å². The number of hydrogen-bond donors (Lipinski definition) is 18. The van der Waals surface area contributed by atoms with Gasteiger partial charge in [0.05, 0.1) is 18.2 Å². The molecule has 0 aromatic rings. The molecule has 0 bridgehead atoms. The van der Waals surface area contributed by atoms with E-state index in [-0.39, 0.29) is 37.6 Å². The van der Waals surface area contributed by atoms with Gasteiger partial charge in [-0.25, -0.2) is 0 Å². The van der Waals surface area contributed by atoms with E-state index < -0.39 is 61.3 Å². The molecule has 0 aromatic carbocycles. The smallest absolute Gasteiger partial charge is 0.214 e. The molecule has 0 aromatic heterocycles. The third kappa shape index (κ3) is 25.6. The van der Waals surface area contributed by atoms with Crippen molar-refractivity contribution in [1.82, 2.24) is 42.5 Å². The molecule has 0 heterocycles. The summed E-state index contributed by atoms with van der Waals surface area (Å²) in [4.78, 5) is 0. The number of nitrogens with two attached hydrogens (primary N) is 2. The number of rotatable bonds is 31. The molecule has 19 nitrogen and oxygen atoms in total. The van der Waals surface area contributed by atoms with E-state index in [9.17, 15) is 30.6 Å². The van der Waals surface area contributed by atoms with Crippen molar-refractivity contribution in [3.63, 3.8) is 0 Å². The first-order valence-corrected chi connectivity index (χ1v) is 17.7. The molecule has 10 atom stereocenters. The lowest BCUT2D eigenvalue weighted by atomic mass is 10.00. The highest BCUT2D eigenvalue weighted by Crippen LogP contribution is 2.15. The van der Waals surface area contributed by atoms with Crippen LogP contribution in [0.5, 0.6) is 0 Å². The Labute approximate surface area is 298 Å². The summed E-state index contributed by atoms with van der Waals surface area (Å²) in [7, 11) is 0. The van der Waals surface area contributed by atoms with Gasteiger partial charge in [-0.15, -0.1) is 0 Å². The Kier molecular flexibility index (Phi) is 26.5. The molecule has 0 spiro atoms. The second kappa shape index (κ2) is 27.3. The van der Waals surface area contributed by atoms with Crippen LogP contribution in [0.2, 0.25) is 0 Å². The Hall–Kier alpha value is -1.37. The standard InChI is InChI=1S/C31H73N11O8/c1-19(2)11-12-23(41-27(47)22(9-7-13-35-18-32)42-30(49)50-31(4,5)6)28(48)40-21(10-8-14-36-29(33)34)26(46)38-15-24(44)37-16-25(45)39-20(3)17-43/h19-28,30,35,37-49H,7-18,32H2,1-6H3,(H4,33,34,36)/t20-,21+,22+,23-,24?,25?,26?,27?,28?,30?/m1/s1. The molecule has 19 heteroatoms. The third-order valence-corrected chi connectivity index (χ3v) is 7.63. The topological polar surface area (TPSA) is 323 Å². The monoisotopic (exact) mass is 728 g/mol. The number of hydrogen-bond acceptors (Lipinski definition) is 17. The summed E-state index contributed by atoms with van der Waals surface area (Å²) in [6, 6.07) is -2.44. The summed E-state index contributed by atoms with van der Waals surface area (Å²) < 4.78 is 5.60. The molecule has 0 aliphatic heterocycles. The van der Waals surface area contributed by atoms with Crippen LogP contribution in [-0.4, -0.2) is 148 Å². The predicted octanol–water partition coefficient (Wildman–Crippen LogP) is -4.32. The number of ether oxygens (including phenoxy) is 1. The molecule has 0 amide bonds. The van der Waals surface area contributed by atoms with Crippen LogP contribution >= 0.6 is 0 Å². The number of guanidine groups is 1. The van der Waals surface area contributed by atoms with Crippen LogP contribution < -0.4 is 54.0 Å². The molecule has 0 radical (unpaired) electrons. The largest absolute Gasteiger partial charge is 0.395 e. The van der Waals surface area contributed by atoms with Gasteiger partial charge >= 0.3 is 0 Å². The van der Waals surface area contributed by atoms with Gasteiger partial charge in [0.2, 0.25) is 6.41 Å². The van der Waals surface area contributed by atoms with Crippen molar-refractivity contribution in [3.8, 4) is 0 Å². The first-order valence-electron chi connectivity index (χ1n) is 17.7. The van der Waals surface area contributed by atoms with Gasteiger partial charge in [-0.3, -0.25) is 37.3 Å². The highest BCUT2D eigenvalue weighted by molar-refractivity contribution is 5.74. The maximum atomic E-state index is 11.5. The normalized spacial score (nSPS) is 18.5. The van der Waals surface area contributed by atoms with Gasteiger partial charge in [0.1, 0.15) is 31.1 Å². The summed E-state index contributed by atoms with van der Waals surface area (Å²) in [5.41, 5.74) is 10.3. The van der Waals surface area contributed by atoms with E-state index in [1.54, 1.807) is 27.7 Å². The fourth-order valence-corrected chi connectivity index (χ4v) is 4.96. The van der Waals surface area contributed by atoms with Crippen LogP contribution in [0.25, 0.3) is 0 Å². The van der Waals surface area contributed by atoms with Crippen LogP contribution in [0.4, 0.5) is 0 Å². The zero-order valence-electron chi connectivity index (χ0n) is 31.0. The van der Waals surface area contributed by atoms with Gasteiger partial charge in [-0.1, -0.05) is 13.8 Å². The van der Waals surface area contributed by atoms with E-state index in [1.807, 2.05) is 13.8 Å². The molecule has 300 valence electrons. The minimum absolute atomic E-state index is 0.0232. The summed E-state index contributed by atoms with van der Waals surface area (Å²) in [6.07, 6.45) is -4.23. The fraction of sp³-hybridized carbons (Fsp3) is 0.968. The third-order valence-electron chi connectivity index (χ3n) is 7.63. The average Bonchev–Trinajstić information content (AvgIpc) is 3.02. The summed E-state index contributed by atoms with van der Waals surface area (Å²) in [6.45, 7) is 12.1. The predicted molar refractivity (Wildman–Crippen MR) is 193 cm³/mol. The summed E-state index contributed by atoms with van der Waals surface area (Å²) >= 11 is 0. The van der Waals surface area contributed by atoms with Crippen LogP contribution in [0.3, 0.4) is 0 Å². The minimum Gasteiger partial charge on any atom is -0.395 e. The molecule has 0 saturated heterocycles. The number of nitrogens with one attached hydrogen (secondary N) is 9. The quantitative estimate of drug-likeness (QED) is 0.0139. The zero-order valence-corrected chi connectivity index (χ0v) is 31.0. The fourth-order valence-electron chi connectivity index (χ4n) is 4.96. The SMILES string of the molecule is CC(C)CC[C@@H](NC(O)[C@H](CCCNCN)NC(O)OC(C)(C)C)C(O)N[C@@H](CCCNC(=N)N)C(O)NCC(O)NCC(O)N[C@H](C)CO. The van der Waals surface area contributed by atoms with Crippen molar-refractivity contribution >= 4 is 5.96 Å². The maximum Gasteiger partial charge on any atom is 0.214 e. The lowest BCUT2D eigenvalue weighted by Gasteiger charge is -2.36. The van der Waals surface area contributed by atoms with E-state index in [4.69, 9.17) is 26.7 Å². The molecule has 6 unspecified atom stereocenters. The van der Waals surface area contributed by atoms with Crippen LogP contribution in [0, 0.1) is 11.3 Å². The van der Waals surface area contributed by atoms with Gasteiger partial charge in [0.25, 0.3) is 0 Å². The van der Waals surface area contributed by atoms with Crippen LogP contribution in [0.1, 0.15) is 80.1 Å². The minimum atomic E-state index is -1.36. The Morgan fingerprint density at radius 2 is 1.26 bits per heavy atom. The highest BCUT2D eigenvalue weighted by atomic mass is 16.6. The van der Waals surface area contributed by atoms with E-state index in [2.05, 4.69) is 42.5 Å². The van der Waals surface area contributed by atoms with Crippen LogP contribution in [0.15, 0.2) is 0 Å². The van der Waals surface area contributed by atoms with Gasteiger partial charge in [0, 0.05) is 44.4 Å². The van der Waals surface area contributed by atoms with Gasteiger partial charge in [0.15, 0.2) is 5.96 Å². The average molecular weight is 728 g/mol. The molecule has 50 heavy (non-hydrogen) atoms. The first-order chi connectivity index (χ1) is 23.4. The van der Waals surface area contributed by atoms with E-state index in [0.717, 1.165) is 0 Å². The lowest BCUT2D eigenvalue weighted by molar-refractivity contribution is -0.190. The molecule has 0 saturated carbocycles. The van der Waals surface area contributed by atoms with Crippen molar-refractivity contribution in [1.29, 1.82) is 5.41 Å². The summed E-state index contributed by atoms with van der Waals surface area (Å²) in [5.74, 6) is 0.0941. The van der Waals surface area contributed by atoms with E-state index in [0.29, 0.717) is 58.3 Å². The first kappa shape index (κ1) is 48.6. The van der Waals surface area contributed by atoms with Gasteiger partial charge < -0.3 is 62.6 Å². The number of aliphatic hydroxyl groups is 7. The Bertz CT molecular complexity index is 849. The second-order valence-electron chi connectivity index (χ2n) is 14.1.